The quantitative estimate of drug-likeness (QED) is 0.911. The van der Waals surface area contributed by atoms with E-state index in [4.69, 9.17) is 4.42 Å². The van der Waals surface area contributed by atoms with Gasteiger partial charge in [0.1, 0.15) is 11.3 Å². The number of likely N-dealkylation sites (N-methyl/N-ethyl adjacent to an activating group) is 1. The molecule has 1 atom stereocenters. The van der Waals surface area contributed by atoms with Crippen molar-refractivity contribution in [1.82, 2.24) is 4.90 Å². The van der Waals surface area contributed by atoms with Gasteiger partial charge in [-0.15, -0.1) is 12.4 Å². The van der Waals surface area contributed by atoms with E-state index < -0.39 is 6.10 Å². The van der Waals surface area contributed by atoms with Crippen LogP contribution in [0.15, 0.2) is 22.6 Å². The molecule has 0 fully saturated rings. The average molecular weight is 298 g/mol. The van der Waals surface area contributed by atoms with Crippen molar-refractivity contribution in [1.29, 1.82) is 0 Å². The number of fused-ring (bicyclic) bond motifs is 1. The minimum absolute atomic E-state index is 0. The zero-order valence-electron chi connectivity index (χ0n) is 12.6. The highest BCUT2D eigenvalue weighted by Gasteiger charge is 2.18. The number of halogens is 1. The Balaban J connectivity index is 0.00000200. The molecule has 0 aliphatic rings. The smallest absolute Gasteiger partial charge is 0.140 e. The molecule has 0 aliphatic carbocycles. The van der Waals surface area contributed by atoms with E-state index in [1.807, 2.05) is 19.1 Å². The number of aryl methyl sites for hydroxylation is 2. The fourth-order valence-corrected chi connectivity index (χ4v) is 2.47. The van der Waals surface area contributed by atoms with Crippen LogP contribution in [0.25, 0.3) is 11.0 Å². The van der Waals surface area contributed by atoms with Crippen molar-refractivity contribution in [2.24, 2.45) is 0 Å². The molecule has 0 saturated carbocycles. The van der Waals surface area contributed by atoms with Crippen molar-refractivity contribution < 1.29 is 9.52 Å². The Hall–Kier alpha value is -1.03. The van der Waals surface area contributed by atoms with Gasteiger partial charge in [-0.3, -0.25) is 0 Å². The molecule has 1 heterocycles. The second-order valence-corrected chi connectivity index (χ2v) is 5.01. The number of benzene rings is 1. The van der Waals surface area contributed by atoms with Gasteiger partial charge in [0.05, 0.1) is 6.10 Å². The maximum atomic E-state index is 10.4. The zero-order valence-corrected chi connectivity index (χ0v) is 13.5. The van der Waals surface area contributed by atoms with Crippen LogP contribution in [0.3, 0.4) is 0 Å². The van der Waals surface area contributed by atoms with Gasteiger partial charge in [-0.1, -0.05) is 32.0 Å². The summed E-state index contributed by atoms with van der Waals surface area (Å²) in [6.45, 7) is 10.8. The van der Waals surface area contributed by atoms with Crippen molar-refractivity contribution in [2.75, 3.05) is 19.6 Å². The van der Waals surface area contributed by atoms with Gasteiger partial charge in [-0.05, 0) is 32.5 Å². The zero-order chi connectivity index (χ0) is 14.0. The Kier molecular flexibility index (Phi) is 6.06. The van der Waals surface area contributed by atoms with Gasteiger partial charge in [-0.25, -0.2) is 0 Å². The summed E-state index contributed by atoms with van der Waals surface area (Å²) >= 11 is 0. The summed E-state index contributed by atoms with van der Waals surface area (Å²) in [6, 6.07) is 6.00. The molecule has 0 aliphatic heterocycles. The minimum atomic E-state index is -0.506. The first-order chi connectivity index (χ1) is 9.08. The topological polar surface area (TPSA) is 36.6 Å². The lowest BCUT2D eigenvalue weighted by Crippen LogP contribution is -2.28. The van der Waals surface area contributed by atoms with Crippen LogP contribution in [0.5, 0.6) is 0 Å². The van der Waals surface area contributed by atoms with Crippen LogP contribution in [-0.2, 0) is 0 Å². The van der Waals surface area contributed by atoms with Crippen molar-refractivity contribution in [3.05, 3.63) is 35.1 Å². The molecule has 1 aromatic heterocycles. The van der Waals surface area contributed by atoms with E-state index in [9.17, 15) is 5.11 Å². The van der Waals surface area contributed by atoms with E-state index in [1.165, 1.54) is 0 Å². The number of hydrogen-bond acceptors (Lipinski definition) is 3. The molecular formula is C16H24ClNO2. The lowest BCUT2D eigenvalue weighted by molar-refractivity contribution is 0.119. The largest absolute Gasteiger partial charge is 0.461 e. The summed E-state index contributed by atoms with van der Waals surface area (Å²) in [5.41, 5.74) is 2.88. The predicted octanol–water partition coefficient (Wildman–Crippen LogP) is 3.85. The number of nitrogens with zero attached hydrogens (tertiary/aromatic N) is 1. The van der Waals surface area contributed by atoms with Crippen molar-refractivity contribution in [3.63, 3.8) is 0 Å². The molecule has 1 aromatic carbocycles. The van der Waals surface area contributed by atoms with Gasteiger partial charge < -0.3 is 14.4 Å². The van der Waals surface area contributed by atoms with E-state index in [0.29, 0.717) is 6.54 Å². The van der Waals surface area contributed by atoms with Crippen molar-refractivity contribution >= 4 is 23.4 Å². The minimum Gasteiger partial charge on any atom is -0.461 e. The van der Waals surface area contributed by atoms with E-state index in [-0.39, 0.29) is 12.4 Å². The molecule has 2 rings (SSSR count). The Morgan fingerprint density at radius 1 is 1.20 bits per heavy atom. The van der Waals surface area contributed by atoms with E-state index in [1.54, 1.807) is 0 Å². The molecule has 0 bridgehead atoms. The first kappa shape index (κ1) is 17.0. The van der Waals surface area contributed by atoms with Gasteiger partial charge in [0.2, 0.25) is 0 Å². The van der Waals surface area contributed by atoms with Crippen LogP contribution >= 0.6 is 12.4 Å². The second-order valence-electron chi connectivity index (χ2n) is 5.01. The first-order valence-electron chi connectivity index (χ1n) is 6.97. The van der Waals surface area contributed by atoms with Gasteiger partial charge >= 0.3 is 0 Å². The van der Waals surface area contributed by atoms with Crippen molar-refractivity contribution in [3.8, 4) is 0 Å². The van der Waals surface area contributed by atoms with Crippen LogP contribution in [0.4, 0.5) is 0 Å². The van der Waals surface area contributed by atoms with E-state index >= 15 is 0 Å². The maximum Gasteiger partial charge on any atom is 0.140 e. The summed E-state index contributed by atoms with van der Waals surface area (Å²) in [5.74, 6) is 0.928. The normalized spacial score (nSPS) is 12.7. The van der Waals surface area contributed by atoms with Crippen LogP contribution in [0.2, 0.25) is 0 Å². The number of para-hydroxylation sites is 1. The molecule has 1 N–H and O–H groups in total. The average Bonchev–Trinajstić information content (AvgIpc) is 2.71. The molecule has 0 spiro atoms. The summed E-state index contributed by atoms with van der Waals surface area (Å²) in [5, 5.41) is 11.6. The Morgan fingerprint density at radius 2 is 1.85 bits per heavy atom. The molecule has 112 valence electrons. The fraction of sp³-hybridized carbons (Fsp3) is 0.500. The summed E-state index contributed by atoms with van der Waals surface area (Å²) in [6.07, 6.45) is -0.506. The SMILES string of the molecule is CCN(CC)C[C@H](O)c1cccc2c(C)c(C)oc12.Cl. The predicted molar refractivity (Wildman–Crippen MR) is 85.7 cm³/mol. The molecule has 0 amide bonds. The van der Waals surface area contributed by atoms with Crippen LogP contribution in [0.1, 0.15) is 36.8 Å². The number of furan rings is 1. The summed E-state index contributed by atoms with van der Waals surface area (Å²) < 4.78 is 5.82. The molecule has 0 radical (unpaired) electrons. The standard InChI is InChI=1S/C16H23NO2.ClH/c1-5-17(6-2)10-15(18)14-9-7-8-13-11(3)12(4)19-16(13)14;/h7-9,15,18H,5-6,10H2,1-4H3;1H/t15-;/m0./s1. The third-order valence-electron chi connectivity index (χ3n) is 3.92. The monoisotopic (exact) mass is 297 g/mol. The lowest BCUT2D eigenvalue weighted by atomic mass is 10.0. The van der Waals surface area contributed by atoms with E-state index in [0.717, 1.165) is 40.9 Å². The molecule has 0 saturated heterocycles. The van der Waals surface area contributed by atoms with E-state index in [2.05, 4.69) is 31.7 Å². The van der Waals surface area contributed by atoms with Crippen LogP contribution < -0.4 is 0 Å². The van der Waals surface area contributed by atoms with Gasteiger partial charge in [0.15, 0.2) is 0 Å². The lowest BCUT2D eigenvalue weighted by Gasteiger charge is -2.22. The third-order valence-corrected chi connectivity index (χ3v) is 3.92. The molecule has 4 heteroatoms. The molecular weight excluding hydrogens is 274 g/mol. The number of rotatable bonds is 5. The maximum absolute atomic E-state index is 10.4. The van der Waals surface area contributed by atoms with Crippen LogP contribution in [-0.4, -0.2) is 29.6 Å². The van der Waals surface area contributed by atoms with Gasteiger partial charge in [0, 0.05) is 17.5 Å². The number of aliphatic hydroxyl groups excluding tert-OH is 1. The highest BCUT2D eigenvalue weighted by atomic mass is 35.5. The van der Waals surface area contributed by atoms with Gasteiger partial charge in [0.25, 0.3) is 0 Å². The Morgan fingerprint density at radius 3 is 2.45 bits per heavy atom. The summed E-state index contributed by atoms with van der Waals surface area (Å²) in [4.78, 5) is 2.21. The van der Waals surface area contributed by atoms with Crippen molar-refractivity contribution in [2.45, 2.75) is 33.8 Å². The van der Waals surface area contributed by atoms with Gasteiger partial charge in [-0.2, -0.15) is 0 Å². The molecule has 2 aromatic rings. The highest BCUT2D eigenvalue weighted by molar-refractivity contribution is 5.85. The second kappa shape index (κ2) is 7.11. The summed E-state index contributed by atoms with van der Waals surface area (Å²) in [7, 11) is 0. The molecule has 3 nitrogen and oxygen atoms in total. The first-order valence-corrected chi connectivity index (χ1v) is 6.97. The van der Waals surface area contributed by atoms with Crippen LogP contribution in [0, 0.1) is 13.8 Å². The molecule has 0 unspecified atom stereocenters. The Labute approximate surface area is 127 Å². The highest BCUT2D eigenvalue weighted by Crippen LogP contribution is 2.30. The Bertz CT molecular complexity index is 561. The number of aliphatic hydroxyl groups is 1. The molecule has 20 heavy (non-hydrogen) atoms. The third kappa shape index (κ3) is 3.17. The fourth-order valence-electron chi connectivity index (χ4n) is 2.47. The number of hydrogen-bond donors (Lipinski definition) is 1.